The molecule has 2 aromatic carbocycles. The molecule has 0 saturated carbocycles. The Morgan fingerprint density at radius 2 is 1.89 bits per heavy atom. The van der Waals surface area contributed by atoms with Gasteiger partial charge in [0.15, 0.2) is 6.61 Å². The molecular formula is C18H15FN2O5S. The van der Waals surface area contributed by atoms with Crippen LogP contribution in [0.3, 0.4) is 0 Å². The van der Waals surface area contributed by atoms with Crippen molar-refractivity contribution >= 4 is 32.7 Å². The lowest BCUT2D eigenvalue weighted by atomic mass is 10.1. The molecule has 7 nitrogen and oxygen atoms in total. The summed E-state index contributed by atoms with van der Waals surface area (Å²) in [6, 6.07) is 9.64. The summed E-state index contributed by atoms with van der Waals surface area (Å²) in [5.41, 5.74) is 1.12. The van der Waals surface area contributed by atoms with E-state index in [9.17, 15) is 22.4 Å². The fourth-order valence-corrected chi connectivity index (χ4v) is 3.29. The van der Waals surface area contributed by atoms with E-state index in [0.717, 1.165) is 23.7 Å². The Morgan fingerprint density at radius 1 is 1.19 bits per heavy atom. The summed E-state index contributed by atoms with van der Waals surface area (Å²) in [7, 11) is -4.12. The number of primary sulfonamides is 1. The van der Waals surface area contributed by atoms with E-state index >= 15 is 0 Å². The van der Waals surface area contributed by atoms with Gasteiger partial charge in [-0.2, -0.15) is 0 Å². The highest BCUT2D eigenvalue weighted by Crippen LogP contribution is 2.22. The van der Waals surface area contributed by atoms with E-state index in [2.05, 4.69) is 4.98 Å². The number of hydrogen-bond acceptors (Lipinski definition) is 5. The number of H-pyrrole nitrogens is 1. The molecule has 1 heterocycles. The van der Waals surface area contributed by atoms with Crippen LogP contribution in [0.4, 0.5) is 4.39 Å². The number of benzene rings is 2. The first-order chi connectivity index (χ1) is 12.7. The lowest BCUT2D eigenvalue weighted by Gasteiger charge is -2.07. The van der Waals surface area contributed by atoms with Gasteiger partial charge >= 0.3 is 5.97 Å². The van der Waals surface area contributed by atoms with Crippen LogP contribution in [0.15, 0.2) is 47.4 Å². The van der Waals surface area contributed by atoms with Gasteiger partial charge in [-0.1, -0.05) is 18.2 Å². The van der Waals surface area contributed by atoms with Crippen LogP contribution in [-0.2, 0) is 14.8 Å². The molecule has 0 spiro atoms. The van der Waals surface area contributed by atoms with Gasteiger partial charge in [-0.05, 0) is 31.2 Å². The molecule has 3 aromatic rings. The molecule has 0 atom stereocenters. The van der Waals surface area contributed by atoms with Gasteiger partial charge in [0, 0.05) is 22.2 Å². The smallest absolute Gasteiger partial charge is 0.341 e. The minimum Gasteiger partial charge on any atom is -0.454 e. The van der Waals surface area contributed by atoms with Crippen LogP contribution in [0.2, 0.25) is 0 Å². The molecule has 3 rings (SSSR count). The summed E-state index contributed by atoms with van der Waals surface area (Å²) in [6.45, 7) is 1.09. The Labute approximate surface area is 154 Å². The van der Waals surface area contributed by atoms with Crippen LogP contribution in [0.5, 0.6) is 0 Å². The molecule has 9 heteroatoms. The van der Waals surface area contributed by atoms with Crippen LogP contribution in [0, 0.1) is 12.7 Å². The van der Waals surface area contributed by atoms with E-state index in [0.29, 0.717) is 16.6 Å². The highest BCUT2D eigenvalue weighted by Gasteiger charge is 2.21. The molecule has 0 fully saturated rings. The van der Waals surface area contributed by atoms with Crippen molar-refractivity contribution in [3.8, 4) is 0 Å². The average Bonchev–Trinajstić information content (AvgIpc) is 2.94. The number of esters is 1. The van der Waals surface area contributed by atoms with Gasteiger partial charge in [0.2, 0.25) is 15.8 Å². The van der Waals surface area contributed by atoms with Crippen LogP contribution in [0.25, 0.3) is 10.9 Å². The van der Waals surface area contributed by atoms with Gasteiger partial charge in [0.1, 0.15) is 5.82 Å². The molecule has 1 aromatic heterocycles. The van der Waals surface area contributed by atoms with Crippen LogP contribution in [-0.4, -0.2) is 31.8 Å². The number of Topliss-reactive ketones (excluding diaryl/α,β-unsaturated/α-hetero) is 1. The molecule has 3 N–H and O–H groups in total. The number of para-hydroxylation sites is 1. The number of carbonyl (C=O) groups excluding carboxylic acids is 2. The number of nitrogens with one attached hydrogen (secondary N) is 1. The summed E-state index contributed by atoms with van der Waals surface area (Å²) < 4.78 is 41.4. The second kappa shape index (κ2) is 6.93. The third kappa shape index (κ3) is 3.74. The van der Waals surface area contributed by atoms with E-state index in [1.807, 2.05) is 6.07 Å². The maximum Gasteiger partial charge on any atom is 0.341 e. The summed E-state index contributed by atoms with van der Waals surface area (Å²) in [5.74, 6) is -2.62. The number of carbonyl (C=O) groups is 2. The highest BCUT2D eigenvalue weighted by atomic mass is 32.2. The van der Waals surface area contributed by atoms with Crippen molar-refractivity contribution in [1.29, 1.82) is 0 Å². The first-order valence-corrected chi connectivity index (χ1v) is 9.33. The topological polar surface area (TPSA) is 119 Å². The van der Waals surface area contributed by atoms with Gasteiger partial charge in [-0.15, -0.1) is 0 Å². The largest absolute Gasteiger partial charge is 0.454 e. The van der Waals surface area contributed by atoms with Crippen molar-refractivity contribution in [1.82, 2.24) is 4.98 Å². The molecule has 0 bridgehead atoms. The second-order valence-corrected chi connectivity index (χ2v) is 7.42. The van der Waals surface area contributed by atoms with E-state index in [1.165, 1.54) is 0 Å². The molecule has 0 radical (unpaired) electrons. The zero-order chi connectivity index (χ0) is 19.8. The molecular weight excluding hydrogens is 375 g/mol. The summed E-state index contributed by atoms with van der Waals surface area (Å²) >= 11 is 0. The van der Waals surface area contributed by atoms with Crippen molar-refractivity contribution in [3.05, 3.63) is 65.1 Å². The number of aryl methyl sites for hydroxylation is 1. The first kappa shape index (κ1) is 18.7. The van der Waals surface area contributed by atoms with Crippen LogP contribution < -0.4 is 5.14 Å². The number of halogens is 1. The van der Waals surface area contributed by atoms with Crippen LogP contribution in [0.1, 0.15) is 26.4 Å². The Kier molecular flexibility index (Phi) is 4.81. The maximum absolute atomic E-state index is 13.9. The Balaban J connectivity index is 1.82. The standard InChI is InChI=1S/C18H15FN2O5S/c1-10-17(12-4-2-3-5-15(12)21-10)16(22)9-26-18(23)13-8-11(27(20,24)25)6-7-14(13)19/h2-8,21H,9H2,1H3,(H2,20,24,25). The van der Waals surface area contributed by atoms with E-state index in [1.54, 1.807) is 25.1 Å². The number of ether oxygens (including phenoxy) is 1. The third-order valence-electron chi connectivity index (χ3n) is 3.99. The summed E-state index contributed by atoms with van der Waals surface area (Å²) in [5, 5.41) is 5.65. The van der Waals surface area contributed by atoms with Gasteiger partial charge in [-0.3, -0.25) is 4.79 Å². The predicted octanol–water partition coefficient (Wildman–Crippen LogP) is 2.30. The fraction of sp³-hybridized carbons (Fsp3) is 0.111. The number of fused-ring (bicyclic) bond motifs is 1. The van der Waals surface area contributed by atoms with Crippen LogP contribution >= 0.6 is 0 Å². The lowest BCUT2D eigenvalue weighted by molar-refractivity contribution is 0.0470. The summed E-state index contributed by atoms with van der Waals surface area (Å²) in [6.07, 6.45) is 0. The number of sulfonamides is 1. The maximum atomic E-state index is 13.9. The number of aromatic nitrogens is 1. The molecule has 27 heavy (non-hydrogen) atoms. The van der Waals surface area contributed by atoms with Gasteiger partial charge in [0.05, 0.1) is 10.5 Å². The third-order valence-corrected chi connectivity index (χ3v) is 4.90. The van der Waals surface area contributed by atoms with E-state index < -0.39 is 44.7 Å². The lowest BCUT2D eigenvalue weighted by Crippen LogP contribution is -2.17. The summed E-state index contributed by atoms with van der Waals surface area (Å²) in [4.78, 5) is 27.2. The molecule has 0 aliphatic carbocycles. The van der Waals surface area contributed by atoms with Crippen molar-refractivity contribution in [2.45, 2.75) is 11.8 Å². The highest BCUT2D eigenvalue weighted by molar-refractivity contribution is 7.89. The number of nitrogens with two attached hydrogens (primary N) is 1. The minimum absolute atomic E-state index is 0.372. The Bertz CT molecular complexity index is 1170. The zero-order valence-electron chi connectivity index (χ0n) is 14.2. The normalized spacial score (nSPS) is 11.5. The van der Waals surface area contributed by atoms with Gasteiger partial charge < -0.3 is 9.72 Å². The molecule has 0 aliphatic heterocycles. The SMILES string of the molecule is Cc1[nH]c2ccccc2c1C(=O)COC(=O)c1cc(S(N)(=O)=O)ccc1F. The first-order valence-electron chi connectivity index (χ1n) is 7.78. The zero-order valence-corrected chi connectivity index (χ0v) is 15.0. The fourth-order valence-electron chi connectivity index (χ4n) is 2.75. The Hall–Kier alpha value is -3.04. The molecule has 0 aliphatic rings. The molecule has 140 valence electrons. The number of ketones is 1. The van der Waals surface area contributed by atoms with Gasteiger partial charge in [0.25, 0.3) is 0 Å². The van der Waals surface area contributed by atoms with Crippen molar-refractivity contribution in [2.75, 3.05) is 6.61 Å². The van der Waals surface area contributed by atoms with E-state index in [4.69, 9.17) is 9.88 Å². The Morgan fingerprint density at radius 3 is 2.59 bits per heavy atom. The molecule has 0 saturated heterocycles. The van der Waals surface area contributed by atoms with Crippen molar-refractivity contribution < 1.29 is 27.1 Å². The number of aromatic amines is 1. The average molecular weight is 390 g/mol. The number of hydrogen-bond donors (Lipinski definition) is 2. The monoisotopic (exact) mass is 390 g/mol. The molecule has 0 unspecified atom stereocenters. The molecule has 0 amide bonds. The van der Waals surface area contributed by atoms with Gasteiger partial charge in [-0.25, -0.2) is 22.7 Å². The van der Waals surface area contributed by atoms with Crippen molar-refractivity contribution in [3.63, 3.8) is 0 Å². The second-order valence-electron chi connectivity index (χ2n) is 5.86. The van der Waals surface area contributed by atoms with E-state index in [-0.39, 0.29) is 0 Å². The number of rotatable bonds is 5. The minimum atomic E-state index is -4.12. The quantitative estimate of drug-likeness (QED) is 0.512. The predicted molar refractivity (Wildman–Crippen MR) is 95.4 cm³/mol. The van der Waals surface area contributed by atoms with Crippen molar-refractivity contribution in [2.24, 2.45) is 5.14 Å².